The van der Waals surface area contributed by atoms with Crippen molar-refractivity contribution in [2.75, 3.05) is 6.54 Å². The lowest BCUT2D eigenvalue weighted by molar-refractivity contribution is 0.686. The highest BCUT2D eigenvalue weighted by atomic mass is 14.7. The van der Waals surface area contributed by atoms with Gasteiger partial charge in [-0.1, -0.05) is 18.6 Å². The Labute approximate surface area is 82.3 Å². The molecule has 0 saturated heterocycles. The Bertz CT molecular complexity index is 189. The number of aliphatic imine (C=N–C) groups is 1. The Balaban J connectivity index is 3.17. The van der Waals surface area contributed by atoms with Gasteiger partial charge in [-0.3, -0.25) is 4.99 Å². The molecule has 74 valence electrons. The average Bonchev–Trinajstić information content (AvgIpc) is 2.01. The molecule has 0 aromatic carbocycles. The van der Waals surface area contributed by atoms with Crippen LogP contribution in [0.25, 0.3) is 0 Å². The Morgan fingerprint density at radius 1 is 1.15 bits per heavy atom. The van der Waals surface area contributed by atoms with E-state index in [0.29, 0.717) is 0 Å². The van der Waals surface area contributed by atoms with E-state index < -0.39 is 0 Å². The van der Waals surface area contributed by atoms with E-state index >= 15 is 0 Å². The second-order valence-electron chi connectivity index (χ2n) is 3.65. The van der Waals surface area contributed by atoms with Gasteiger partial charge in [0.2, 0.25) is 0 Å². The van der Waals surface area contributed by atoms with Crippen LogP contribution in [0.15, 0.2) is 29.3 Å². The molecule has 0 aliphatic rings. The molecular weight excluding hydrogens is 158 g/mol. The van der Waals surface area contributed by atoms with Crippen molar-refractivity contribution < 1.29 is 0 Å². The Kier molecular flexibility index (Phi) is 7.27. The van der Waals surface area contributed by atoms with Gasteiger partial charge in [-0.15, -0.1) is 6.58 Å². The van der Waals surface area contributed by atoms with Crippen LogP contribution in [0.5, 0.6) is 0 Å². The van der Waals surface area contributed by atoms with Crippen LogP contribution in [0.3, 0.4) is 0 Å². The maximum Gasteiger partial charge on any atom is 0.0389 e. The van der Waals surface area contributed by atoms with Crippen molar-refractivity contribution in [1.82, 2.24) is 0 Å². The highest BCUT2D eigenvalue weighted by Gasteiger charge is 1.88. The summed E-state index contributed by atoms with van der Waals surface area (Å²) in [6.45, 7) is 12.6. The normalized spacial score (nSPS) is 10.6. The zero-order valence-corrected chi connectivity index (χ0v) is 8.97. The molecule has 13 heavy (non-hydrogen) atoms. The summed E-state index contributed by atoms with van der Waals surface area (Å²) >= 11 is 0. The van der Waals surface area contributed by atoms with Crippen molar-refractivity contribution >= 4 is 6.21 Å². The zero-order chi connectivity index (χ0) is 10.1. The Morgan fingerprint density at radius 3 is 2.38 bits per heavy atom. The maximum absolute atomic E-state index is 4.24. The van der Waals surface area contributed by atoms with Gasteiger partial charge < -0.3 is 0 Å². The SMILES string of the molecule is C=C(C)/C=N/CCCCCC(=C)C. The lowest BCUT2D eigenvalue weighted by atomic mass is 10.1. The highest BCUT2D eigenvalue weighted by molar-refractivity contribution is 5.76. The van der Waals surface area contributed by atoms with E-state index in [9.17, 15) is 0 Å². The van der Waals surface area contributed by atoms with Gasteiger partial charge in [-0.25, -0.2) is 0 Å². The van der Waals surface area contributed by atoms with Crippen LogP contribution in [-0.2, 0) is 0 Å². The van der Waals surface area contributed by atoms with E-state index in [1.807, 2.05) is 13.1 Å². The summed E-state index contributed by atoms with van der Waals surface area (Å²) in [5.74, 6) is 0. The van der Waals surface area contributed by atoms with Gasteiger partial charge in [-0.2, -0.15) is 0 Å². The van der Waals surface area contributed by atoms with Gasteiger partial charge in [0.1, 0.15) is 0 Å². The molecule has 0 radical (unpaired) electrons. The molecule has 0 aromatic rings. The van der Waals surface area contributed by atoms with E-state index in [-0.39, 0.29) is 0 Å². The number of unbranched alkanes of at least 4 members (excludes halogenated alkanes) is 2. The maximum atomic E-state index is 4.24. The third-order valence-corrected chi connectivity index (χ3v) is 1.70. The fraction of sp³-hybridized carbons (Fsp3) is 0.583. The second kappa shape index (κ2) is 7.78. The molecule has 0 unspecified atom stereocenters. The molecule has 0 fully saturated rings. The fourth-order valence-corrected chi connectivity index (χ4v) is 1.03. The zero-order valence-electron chi connectivity index (χ0n) is 8.97. The number of hydrogen-bond donors (Lipinski definition) is 0. The number of allylic oxidation sites excluding steroid dienone is 2. The first kappa shape index (κ1) is 12.2. The second-order valence-corrected chi connectivity index (χ2v) is 3.65. The van der Waals surface area contributed by atoms with E-state index in [1.165, 1.54) is 24.8 Å². The van der Waals surface area contributed by atoms with E-state index in [0.717, 1.165) is 18.5 Å². The summed E-state index contributed by atoms with van der Waals surface area (Å²) in [6.07, 6.45) is 6.68. The molecule has 0 saturated carbocycles. The van der Waals surface area contributed by atoms with Crippen LogP contribution in [0, 0.1) is 0 Å². The van der Waals surface area contributed by atoms with E-state index in [4.69, 9.17) is 0 Å². The molecule has 1 nitrogen and oxygen atoms in total. The van der Waals surface area contributed by atoms with Crippen LogP contribution >= 0.6 is 0 Å². The predicted molar refractivity (Wildman–Crippen MR) is 61.5 cm³/mol. The first-order chi connectivity index (χ1) is 6.13. The minimum atomic E-state index is 0.934. The number of nitrogens with zero attached hydrogens (tertiary/aromatic N) is 1. The molecular formula is C12H21N. The van der Waals surface area contributed by atoms with Crippen LogP contribution in [0.2, 0.25) is 0 Å². The largest absolute Gasteiger partial charge is 0.293 e. The molecule has 0 rings (SSSR count). The first-order valence-corrected chi connectivity index (χ1v) is 4.92. The summed E-state index contributed by atoms with van der Waals surface area (Å²) < 4.78 is 0. The standard InChI is InChI=1S/C12H21N/c1-11(2)8-6-5-7-9-13-10-12(3)4/h10H,1,3,5-9H2,2,4H3/b13-10+. The number of rotatable bonds is 7. The van der Waals surface area contributed by atoms with E-state index in [1.54, 1.807) is 0 Å². The van der Waals surface area contributed by atoms with Crippen LogP contribution < -0.4 is 0 Å². The van der Waals surface area contributed by atoms with Crippen molar-refractivity contribution in [1.29, 1.82) is 0 Å². The topological polar surface area (TPSA) is 12.4 Å². The Hall–Kier alpha value is -0.850. The lowest BCUT2D eigenvalue weighted by Gasteiger charge is -1.98. The fourth-order valence-electron chi connectivity index (χ4n) is 1.03. The van der Waals surface area contributed by atoms with Gasteiger partial charge in [0, 0.05) is 12.8 Å². The molecule has 0 atom stereocenters. The molecule has 0 aromatic heterocycles. The average molecular weight is 179 g/mol. The molecule has 0 heterocycles. The van der Waals surface area contributed by atoms with Crippen LogP contribution in [0.4, 0.5) is 0 Å². The quantitative estimate of drug-likeness (QED) is 0.320. The summed E-state index contributed by atoms with van der Waals surface area (Å²) in [5, 5.41) is 0. The summed E-state index contributed by atoms with van der Waals surface area (Å²) in [4.78, 5) is 4.24. The molecule has 0 aliphatic carbocycles. The molecule has 0 bridgehead atoms. The Morgan fingerprint density at radius 2 is 1.85 bits per heavy atom. The van der Waals surface area contributed by atoms with E-state index in [2.05, 4.69) is 25.1 Å². The summed E-state index contributed by atoms with van der Waals surface area (Å²) in [7, 11) is 0. The first-order valence-electron chi connectivity index (χ1n) is 4.92. The predicted octanol–water partition coefficient (Wildman–Crippen LogP) is 3.77. The van der Waals surface area contributed by atoms with Gasteiger partial charge in [0.25, 0.3) is 0 Å². The number of hydrogen-bond acceptors (Lipinski definition) is 1. The third kappa shape index (κ3) is 11.1. The van der Waals surface area contributed by atoms with Gasteiger partial charge in [0.15, 0.2) is 0 Å². The van der Waals surface area contributed by atoms with Crippen molar-refractivity contribution in [2.24, 2.45) is 4.99 Å². The highest BCUT2D eigenvalue weighted by Crippen LogP contribution is 2.05. The van der Waals surface area contributed by atoms with Crippen molar-refractivity contribution in [3.05, 3.63) is 24.3 Å². The minimum absolute atomic E-state index is 0.934. The molecule has 0 N–H and O–H groups in total. The van der Waals surface area contributed by atoms with Gasteiger partial charge in [-0.05, 0) is 38.7 Å². The molecule has 1 heteroatoms. The van der Waals surface area contributed by atoms with Crippen molar-refractivity contribution in [3.63, 3.8) is 0 Å². The lowest BCUT2D eigenvalue weighted by Crippen LogP contribution is -1.84. The molecule has 0 amide bonds. The molecule has 0 spiro atoms. The van der Waals surface area contributed by atoms with Gasteiger partial charge in [0.05, 0.1) is 0 Å². The van der Waals surface area contributed by atoms with Gasteiger partial charge >= 0.3 is 0 Å². The van der Waals surface area contributed by atoms with Crippen molar-refractivity contribution in [3.8, 4) is 0 Å². The van der Waals surface area contributed by atoms with Crippen LogP contribution in [0.1, 0.15) is 39.5 Å². The smallest absolute Gasteiger partial charge is 0.0389 e. The third-order valence-electron chi connectivity index (χ3n) is 1.70. The van der Waals surface area contributed by atoms with Crippen molar-refractivity contribution in [2.45, 2.75) is 39.5 Å². The summed E-state index contributed by atoms with van der Waals surface area (Å²) in [6, 6.07) is 0. The monoisotopic (exact) mass is 179 g/mol. The molecule has 0 aliphatic heterocycles. The van der Waals surface area contributed by atoms with Crippen LogP contribution in [-0.4, -0.2) is 12.8 Å². The minimum Gasteiger partial charge on any atom is -0.293 e. The summed E-state index contributed by atoms with van der Waals surface area (Å²) in [5.41, 5.74) is 2.31.